The molecule has 7 nitrogen and oxygen atoms in total. The predicted molar refractivity (Wildman–Crippen MR) is 105 cm³/mol. The summed E-state index contributed by atoms with van der Waals surface area (Å²) in [6.07, 6.45) is 0.120. The Labute approximate surface area is 164 Å². The second-order valence-corrected chi connectivity index (χ2v) is 6.85. The van der Waals surface area contributed by atoms with Crippen LogP contribution in [0.4, 0.5) is 4.79 Å². The van der Waals surface area contributed by atoms with Crippen molar-refractivity contribution in [3.05, 3.63) is 59.2 Å². The molecule has 0 radical (unpaired) electrons. The van der Waals surface area contributed by atoms with E-state index in [1.165, 1.54) is 0 Å². The van der Waals surface area contributed by atoms with E-state index in [1.807, 2.05) is 49.4 Å². The van der Waals surface area contributed by atoms with Gasteiger partial charge in [-0.15, -0.1) is 0 Å². The highest BCUT2D eigenvalue weighted by Crippen LogP contribution is 2.31. The molecule has 0 saturated carbocycles. The lowest BCUT2D eigenvalue weighted by Gasteiger charge is -2.24. The fourth-order valence-electron chi connectivity index (χ4n) is 3.27. The number of rotatable bonds is 6. The van der Waals surface area contributed by atoms with Crippen molar-refractivity contribution in [1.29, 1.82) is 0 Å². The highest BCUT2D eigenvalue weighted by molar-refractivity contribution is 5.79. The van der Waals surface area contributed by atoms with Gasteiger partial charge in [-0.25, -0.2) is 4.79 Å². The van der Waals surface area contributed by atoms with Gasteiger partial charge < -0.3 is 25.4 Å². The number of urea groups is 1. The maximum atomic E-state index is 12.8. The van der Waals surface area contributed by atoms with Gasteiger partial charge in [0, 0.05) is 13.6 Å². The topological polar surface area (TPSA) is 93.9 Å². The highest BCUT2D eigenvalue weighted by atomic mass is 16.6. The summed E-state index contributed by atoms with van der Waals surface area (Å²) >= 11 is 0. The molecule has 7 heteroatoms. The number of aryl methyl sites for hydroxylation is 1. The van der Waals surface area contributed by atoms with E-state index in [-0.39, 0.29) is 12.3 Å². The molecule has 28 heavy (non-hydrogen) atoms. The zero-order chi connectivity index (χ0) is 20.1. The molecule has 3 amide bonds. The number of carbonyl (C=O) groups is 2. The molecule has 3 N–H and O–H groups in total. The molecular weight excluding hydrogens is 358 g/mol. The van der Waals surface area contributed by atoms with Crippen LogP contribution in [0.1, 0.15) is 29.2 Å². The largest absolute Gasteiger partial charge is 0.486 e. The van der Waals surface area contributed by atoms with Crippen LogP contribution in [0.25, 0.3) is 0 Å². The van der Waals surface area contributed by atoms with Gasteiger partial charge in [-0.2, -0.15) is 0 Å². The smallest absolute Gasteiger partial charge is 0.312 e. The van der Waals surface area contributed by atoms with Gasteiger partial charge in [0.05, 0.1) is 12.5 Å². The standard InChI is InChI=1S/C21H25N3O4/c1-14-5-3-4-6-16(14)17(23-21(22)26)12-20(25)24(2)13-15-7-8-18-19(11-15)28-10-9-27-18/h3-8,11,17H,9-10,12-13H2,1-2H3,(H3,22,23,26). The van der Waals surface area contributed by atoms with Crippen LogP contribution in [-0.4, -0.2) is 37.1 Å². The molecule has 0 spiro atoms. The van der Waals surface area contributed by atoms with Crippen molar-refractivity contribution < 1.29 is 19.1 Å². The fraction of sp³-hybridized carbons (Fsp3) is 0.333. The average Bonchev–Trinajstić information content (AvgIpc) is 2.67. The van der Waals surface area contributed by atoms with Gasteiger partial charge in [-0.1, -0.05) is 30.3 Å². The van der Waals surface area contributed by atoms with E-state index in [9.17, 15) is 9.59 Å². The molecule has 0 aromatic heterocycles. The lowest BCUT2D eigenvalue weighted by molar-refractivity contribution is -0.130. The summed E-state index contributed by atoms with van der Waals surface area (Å²) in [5.41, 5.74) is 8.13. The van der Waals surface area contributed by atoms with Crippen LogP contribution >= 0.6 is 0 Å². The van der Waals surface area contributed by atoms with Gasteiger partial charge in [0.15, 0.2) is 11.5 Å². The van der Waals surface area contributed by atoms with E-state index in [1.54, 1.807) is 11.9 Å². The van der Waals surface area contributed by atoms with E-state index in [0.29, 0.717) is 31.3 Å². The van der Waals surface area contributed by atoms with Crippen LogP contribution in [0.15, 0.2) is 42.5 Å². The minimum atomic E-state index is -0.657. The summed E-state index contributed by atoms with van der Waals surface area (Å²) in [5.74, 6) is 1.31. The van der Waals surface area contributed by atoms with Crippen molar-refractivity contribution in [2.45, 2.75) is 25.9 Å². The van der Waals surface area contributed by atoms with Crippen molar-refractivity contribution in [3.8, 4) is 11.5 Å². The van der Waals surface area contributed by atoms with Crippen molar-refractivity contribution in [2.24, 2.45) is 5.73 Å². The summed E-state index contributed by atoms with van der Waals surface area (Å²) < 4.78 is 11.1. The van der Waals surface area contributed by atoms with E-state index in [0.717, 1.165) is 16.7 Å². The van der Waals surface area contributed by atoms with Crippen LogP contribution in [0.2, 0.25) is 0 Å². The zero-order valence-corrected chi connectivity index (χ0v) is 16.1. The molecule has 1 aliphatic heterocycles. The number of carbonyl (C=O) groups excluding carboxylic acids is 2. The number of hydrogen-bond donors (Lipinski definition) is 2. The molecule has 1 unspecified atom stereocenters. The van der Waals surface area contributed by atoms with Gasteiger partial charge >= 0.3 is 6.03 Å². The van der Waals surface area contributed by atoms with Gasteiger partial charge in [0.1, 0.15) is 13.2 Å². The number of amides is 3. The van der Waals surface area contributed by atoms with Crippen molar-refractivity contribution in [2.75, 3.05) is 20.3 Å². The first kappa shape index (κ1) is 19.5. The molecule has 0 bridgehead atoms. The number of primary amides is 1. The first-order valence-corrected chi connectivity index (χ1v) is 9.18. The highest BCUT2D eigenvalue weighted by Gasteiger charge is 2.21. The maximum Gasteiger partial charge on any atom is 0.312 e. The molecule has 148 valence electrons. The molecule has 0 aliphatic carbocycles. The quantitative estimate of drug-likeness (QED) is 0.801. The number of benzene rings is 2. The lowest BCUT2D eigenvalue weighted by Crippen LogP contribution is -2.37. The van der Waals surface area contributed by atoms with Crippen molar-refractivity contribution >= 4 is 11.9 Å². The van der Waals surface area contributed by atoms with E-state index in [2.05, 4.69) is 5.32 Å². The van der Waals surface area contributed by atoms with Crippen LogP contribution in [0.5, 0.6) is 11.5 Å². The fourth-order valence-corrected chi connectivity index (χ4v) is 3.27. The Hall–Kier alpha value is -3.22. The predicted octanol–water partition coefficient (Wildman–Crippen LogP) is 2.52. The van der Waals surface area contributed by atoms with Gasteiger partial charge in [-0.05, 0) is 35.7 Å². The molecule has 0 fully saturated rings. The molecule has 0 saturated heterocycles. The maximum absolute atomic E-state index is 12.8. The number of nitrogens with two attached hydrogens (primary N) is 1. The summed E-state index contributed by atoms with van der Waals surface area (Å²) in [4.78, 5) is 25.8. The molecule has 3 rings (SSSR count). The van der Waals surface area contributed by atoms with Gasteiger partial charge in [-0.3, -0.25) is 4.79 Å². The van der Waals surface area contributed by atoms with E-state index < -0.39 is 12.1 Å². The van der Waals surface area contributed by atoms with Crippen molar-refractivity contribution in [1.82, 2.24) is 10.2 Å². The van der Waals surface area contributed by atoms with E-state index in [4.69, 9.17) is 15.2 Å². The van der Waals surface area contributed by atoms with Crippen molar-refractivity contribution in [3.63, 3.8) is 0 Å². The van der Waals surface area contributed by atoms with Crippen LogP contribution in [-0.2, 0) is 11.3 Å². The number of fused-ring (bicyclic) bond motifs is 1. The third kappa shape index (κ3) is 4.73. The number of ether oxygens (including phenoxy) is 2. The first-order chi connectivity index (χ1) is 13.4. The van der Waals surface area contributed by atoms with Crippen LogP contribution in [0.3, 0.4) is 0 Å². The zero-order valence-electron chi connectivity index (χ0n) is 16.1. The third-order valence-corrected chi connectivity index (χ3v) is 4.71. The number of hydrogen-bond acceptors (Lipinski definition) is 4. The minimum Gasteiger partial charge on any atom is -0.486 e. The number of nitrogens with zero attached hydrogens (tertiary/aromatic N) is 1. The Kier molecular flexibility index (Phi) is 6.03. The van der Waals surface area contributed by atoms with Gasteiger partial charge in [0.2, 0.25) is 5.91 Å². The molecular formula is C21H25N3O4. The van der Waals surface area contributed by atoms with Gasteiger partial charge in [0.25, 0.3) is 0 Å². The Bertz CT molecular complexity index is 868. The lowest BCUT2D eigenvalue weighted by atomic mass is 9.98. The summed E-state index contributed by atoms with van der Waals surface area (Å²) in [6, 6.07) is 12.1. The number of nitrogens with one attached hydrogen (secondary N) is 1. The normalized spacial score (nSPS) is 13.5. The Morgan fingerprint density at radius 1 is 1.14 bits per heavy atom. The molecule has 1 aliphatic rings. The van der Waals surface area contributed by atoms with Crippen LogP contribution in [0, 0.1) is 6.92 Å². The Morgan fingerprint density at radius 3 is 2.57 bits per heavy atom. The Balaban J connectivity index is 1.69. The molecule has 1 atom stereocenters. The third-order valence-electron chi connectivity index (χ3n) is 4.71. The summed E-state index contributed by atoms with van der Waals surface area (Å²) in [5, 5.41) is 2.68. The second-order valence-electron chi connectivity index (χ2n) is 6.85. The minimum absolute atomic E-state index is 0.100. The average molecular weight is 383 g/mol. The van der Waals surface area contributed by atoms with Crippen LogP contribution < -0.4 is 20.5 Å². The molecule has 1 heterocycles. The SMILES string of the molecule is Cc1ccccc1C(CC(=O)N(C)Cc1ccc2c(c1)OCCO2)NC(N)=O. The second kappa shape index (κ2) is 8.65. The monoisotopic (exact) mass is 383 g/mol. The summed E-state index contributed by atoms with van der Waals surface area (Å²) in [7, 11) is 1.73. The molecule has 2 aromatic rings. The Morgan fingerprint density at radius 2 is 1.86 bits per heavy atom. The van der Waals surface area contributed by atoms with E-state index >= 15 is 0 Å². The molecule has 2 aromatic carbocycles. The summed E-state index contributed by atoms with van der Waals surface area (Å²) in [6.45, 7) is 3.42. The first-order valence-electron chi connectivity index (χ1n) is 9.18.